The summed E-state index contributed by atoms with van der Waals surface area (Å²) in [5, 5.41) is 12.4. The van der Waals surface area contributed by atoms with Crippen molar-refractivity contribution in [2.24, 2.45) is 0 Å². The number of nitrogens with one attached hydrogen (secondary N) is 1. The van der Waals surface area contributed by atoms with Crippen molar-refractivity contribution in [2.45, 2.75) is 51.4 Å². The Kier molecular flexibility index (Phi) is 5.15. The average Bonchev–Trinajstić information content (AvgIpc) is 2.91. The standard InChI is InChI=1S/C16H23NO3/c1-3-12-5-7-13(8-6-12)14(10-18)17-16(19)15-9-4-11(2)20-15/h5-8,11,14-15,18H,3-4,9-10H2,1-2H3,(H,17,19). The molecule has 3 unspecified atom stereocenters. The topological polar surface area (TPSA) is 58.6 Å². The fraction of sp³-hybridized carbons (Fsp3) is 0.562. The quantitative estimate of drug-likeness (QED) is 0.865. The van der Waals surface area contributed by atoms with Gasteiger partial charge in [0.1, 0.15) is 6.10 Å². The van der Waals surface area contributed by atoms with E-state index in [-0.39, 0.29) is 30.8 Å². The number of aliphatic hydroxyl groups excluding tert-OH is 1. The highest BCUT2D eigenvalue weighted by Crippen LogP contribution is 2.21. The van der Waals surface area contributed by atoms with E-state index in [1.807, 2.05) is 31.2 Å². The molecule has 0 aliphatic carbocycles. The Morgan fingerprint density at radius 3 is 2.60 bits per heavy atom. The maximum Gasteiger partial charge on any atom is 0.249 e. The van der Waals surface area contributed by atoms with Gasteiger partial charge >= 0.3 is 0 Å². The third-order valence-electron chi connectivity index (χ3n) is 3.81. The molecule has 1 aromatic rings. The summed E-state index contributed by atoms with van der Waals surface area (Å²) in [4.78, 5) is 12.1. The van der Waals surface area contributed by atoms with Crippen molar-refractivity contribution in [2.75, 3.05) is 6.61 Å². The molecule has 110 valence electrons. The number of carbonyl (C=O) groups is 1. The van der Waals surface area contributed by atoms with Crippen LogP contribution < -0.4 is 5.32 Å². The van der Waals surface area contributed by atoms with Crippen molar-refractivity contribution >= 4 is 5.91 Å². The van der Waals surface area contributed by atoms with E-state index in [1.165, 1.54) is 5.56 Å². The molecular weight excluding hydrogens is 254 g/mol. The number of amides is 1. The molecule has 20 heavy (non-hydrogen) atoms. The van der Waals surface area contributed by atoms with Crippen molar-refractivity contribution in [3.8, 4) is 0 Å². The van der Waals surface area contributed by atoms with Gasteiger partial charge in [0.2, 0.25) is 5.91 Å². The average molecular weight is 277 g/mol. The van der Waals surface area contributed by atoms with E-state index in [1.54, 1.807) is 0 Å². The highest BCUT2D eigenvalue weighted by molar-refractivity contribution is 5.81. The zero-order valence-corrected chi connectivity index (χ0v) is 12.1. The van der Waals surface area contributed by atoms with Crippen LogP contribution in [-0.2, 0) is 16.0 Å². The third kappa shape index (κ3) is 3.58. The van der Waals surface area contributed by atoms with Gasteiger partial charge in [0, 0.05) is 0 Å². The molecule has 1 aliphatic rings. The largest absolute Gasteiger partial charge is 0.394 e. The molecule has 4 nitrogen and oxygen atoms in total. The molecule has 2 rings (SSSR count). The van der Waals surface area contributed by atoms with Crippen LogP contribution >= 0.6 is 0 Å². The van der Waals surface area contributed by atoms with Gasteiger partial charge in [0.25, 0.3) is 0 Å². The molecule has 1 amide bonds. The number of carbonyl (C=O) groups excluding carboxylic acids is 1. The van der Waals surface area contributed by atoms with Crippen LogP contribution in [0.5, 0.6) is 0 Å². The first-order chi connectivity index (χ1) is 9.63. The molecule has 1 heterocycles. The van der Waals surface area contributed by atoms with E-state index in [9.17, 15) is 9.90 Å². The Hall–Kier alpha value is -1.39. The predicted molar refractivity (Wildman–Crippen MR) is 77.4 cm³/mol. The van der Waals surface area contributed by atoms with Crippen molar-refractivity contribution < 1.29 is 14.6 Å². The van der Waals surface area contributed by atoms with E-state index in [0.717, 1.165) is 24.8 Å². The van der Waals surface area contributed by atoms with Crippen molar-refractivity contribution in [3.05, 3.63) is 35.4 Å². The Morgan fingerprint density at radius 1 is 1.40 bits per heavy atom. The summed E-state index contributed by atoms with van der Waals surface area (Å²) in [5.74, 6) is -0.132. The molecule has 4 heteroatoms. The number of aliphatic hydroxyl groups is 1. The lowest BCUT2D eigenvalue weighted by Crippen LogP contribution is -2.38. The molecule has 0 radical (unpaired) electrons. The molecule has 0 spiro atoms. The second kappa shape index (κ2) is 6.86. The maximum absolute atomic E-state index is 12.1. The summed E-state index contributed by atoms with van der Waals surface area (Å²) in [6.45, 7) is 3.96. The zero-order chi connectivity index (χ0) is 14.5. The second-order valence-corrected chi connectivity index (χ2v) is 5.35. The zero-order valence-electron chi connectivity index (χ0n) is 12.1. The monoisotopic (exact) mass is 277 g/mol. The third-order valence-corrected chi connectivity index (χ3v) is 3.81. The number of hydrogen-bond donors (Lipinski definition) is 2. The van der Waals surface area contributed by atoms with Gasteiger partial charge < -0.3 is 15.2 Å². The first kappa shape index (κ1) is 15.0. The first-order valence-electron chi connectivity index (χ1n) is 7.29. The number of rotatable bonds is 5. The minimum Gasteiger partial charge on any atom is -0.394 e. The van der Waals surface area contributed by atoms with Gasteiger partial charge in [-0.15, -0.1) is 0 Å². The van der Waals surface area contributed by atoms with Crippen LogP contribution in [0.15, 0.2) is 24.3 Å². The van der Waals surface area contributed by atoms with Crippen LogP contribution in [0.25, 0.3) is 0 Å². The number of hydrogen-bond acceptors (Lipinski definition) is 3. The maximum atomic E-state index is 12.1. The Balaban J connectivity index is 1.99. The van der Waals surface area contributed by atoms with Crippen LogP contribution in [0.2, 0.25) is 0 Å². The minimum atomic E-state index is -0.381. The molecule has 0 aromatic heterocycles. The molecule has 1 aliphatic heterocycles. The fourth-order valence-corrected chi connectivity index (χ4v) is 2.48. The second-order valence-electron chi connectivity index (χ2n) is 5.35. The van der Waals surface area contributed by atoms with E-state index in [0.29, 0.717) is 0 Å². The van der Waals surface area contributed by atoms with Crippen molar-refractivity contribution in [1.82, 2.24) is 5.32 Å². The Morgan fingerprint density at radius 2 is 2.10 bits per heavy atom. The molecule has 2 N–H and O–H groups in total. The predicted octanol–water partition coefficient (Wildman–Crippen LogP) is 1.97. The molecule has 0 bridgehead atoms. The van der Waals surface area contributed by atoms with Gasteiger partial charge in [-0.3, -0.25) is 4.79 Å². The van der Waals surface area contributed by atoms with Gasteiger partial charge in [-0.05, 0) is 37.3 Å². The summed E-state index contributed by atoms with van der Waals surface area (Å²) in [6.07, 6.45) is 2.40. The summed E-state index contributed by atoms with van der Waals surface area (Å²) >= 11 is 0. The fourth-order valence-electron chi connectivity index (χ4n) is 2.48. The molecular formula is C16H23NO3. The Bertz CT molecular complexity index is 444. The number of benzene rings is 1. The van der Waals surface area contributed by atoms with Gasteiger partial charge in [0.15, 0.2) is 0 Å². The van der Waals surface area contributed by atoms with Crippen LogP contribution in [0.3, 0.4) is 0 Å². The summed E-state index contributed by atoms with van der Waals surface area (Å²) in [5.41, 5.74) is 2.16. The van der Waals surface area contributed by atoms with E-state index in [2.05, 4.69) is 12.2 Å². The van der Waals surface area contributed by atoms with Gasteiger partial charge in [-0.2, -0.15) is 0 Å². The van der Waals surface area contributed by atoms with Crippen molar-refractivity contribution in [1.29, 1.82) is 0 Å². The molecule has 1 fully saturated rings. The summed E-state index contributed by atoms with van der Waals surface area (Å²) in [6, 6.07) is 7.60. The molecule has 0 saturated carbocycles. The van der Waals surface area contributed by atoms with Crippen molar-refractivity contribution in [3.63, 3.8) is 0 Å². The van der Waals surface area contributed by atoms with Crippen LogP contribution in [0.4, 0.5) is 0 Å². The summed E-state index contributed by atoms with van der Waals surface area (Å²) in [7, 11) is 0. The highest BCUT2D eigenvalue weighted by Gasteiger charge is 2.29. The lowest BCUT2D eigenvalue weighted by atomic mass is 10.0. The van der Waals surface area contributed by atoms with E-state index >= 15 is 0 Å². The van der Waals surface area contributed by atoms with Gasteiger partial charge in [-0.1, -0.05) is 31.2 Å². The lowest BCUT2D eigenvalue weighted by Gasteiger charge is -2.19. The van der Waals surface area contributed by atoms with Crippen LogP contribution in [-0.4, -0.2) is 29.8 Å². The summed E-state index contributed by atoms with van der Waals surface area (Å²) < 4.78 is 5.55. The molecule has 1 saturated heterocycles. The van der Waals surface area contributed by atoms with Crippen LogP contribution in [0, 0.1) is 0 Å². The Labute approximate surface area is 120 Å². The SMILES string of the molecule is CCc1ccc(C(CO)NC(=O)C2CCC(C)O2)cc1. The highest BCUT2D eigenvalue weighted by atomic mass is 16.5. The smallest absolute Gasteiger partial charge is 0.249 e. The minimum absolute atomic E-state index is 0.112. The number of ether oxygens (including phenoxy) is 1. The molecule has 3 atom stereocenters. The lowest BCUT2D eigenvalue weighted by molar-refractivity contribution is -0.132. The van der Waals surface area contributed by atoms with Gasteiger partial charge in [0.05, 0.1) is 18.8 Å². The van der Waals surface area contributed by atoms with Crippen LogP contribution in [0.1, 0.15) is 43.9 Å². The van der Waals surface area contributed by atoms with E-state index < -0.39 is 0 Å². The normalized spacial score (nSPS) is 23.6. The molecule has 1 aromatic carbocycles. The van der Waals surface area contributed by atoms with E-state index in [4.69, 9.17) is 4.74 Å². The first-order valence-corrected chi connectivity index (χ1v) is 7.29. The number of aryl methyl sites for hydroxylation is 1. The van der Waals surface area contributed by atoms with Gasteiger partial charge in [-0.25, -0.2) is 0 Å².